The topological polar surface area (TPSA) is 73.4 Å². The Bertz CT molecular complexity index is 795. The SMILES string of the molecule is CN1CCN(c2ccc(NC(=O)c3ccnc(NC4CCCC4)n3)cc2)CC1. The molecule has 2 fully saturated rings. The molecule has 1 aliphatic heterocycles. The molecule has 7 heteroatoms. The van der Waals surface area contributed by atoms with Gasteiger partial charge in [0.05, 0.1) is 0 Å². The van der Waals surface area contributed by atoms with Gasteiger partial charge in [-0.25, -0.2) is 9.97 Å². The molecule has 2 aliphatic rings. The van der Waals surface area contributed by atoms with Crippen molar-refractivity contribution >= 4 is 23.2 Å². The van der Waals surface area contributed by atoms with Crippen molar-refractivity contribution in [3.05, 3.63) is 42.2 Å². The fourth-order valence-corrected chi connectivity index (χ4v) is 3.82. The molecule has 148 valence electrons. The van der Waals surface area contributed by atoms with Gasteiger partial charge in [-0.15, -0.1) is 0 Å². The first kappa shape index (κ1) is 18.7. The van der Waals surface area contributed by atoms with Crippen molar-refractivity contribution in [3.8, 4) is 0 Å². The van der Waals surface area contributed by atoms with Gasteiger partial charge >= 0.3 is 0 Å². The predicted molar refractivity (Wildman–Crippen MR) is 112 cm³/mol. The van der Waals surface area contributed by atoms with Gasteiger partial charge in [0.1, 0.15) is 5.69 Å². The fourth-order valence-electron chi connectivity index (χ4n) is 3.82. The van der Waals surface area contributed by atoms with Crippen molar-refractivity contribution in [2.24, 2.45) is 0 Å². The molecule has 2 aromatic rings. The van der Waals surface area contributed by atoms with Gasteiger partial charge in [-0.1, -0.05) is 12.8 Å². The molecule has 0 bridgehead atoms. The van der Waals surface area contributed by atoms with Crippen LogP contribution in [0.1, 0.15) is 36.2 Å². The number of benzene rings is 1. The average Bonchev–Trinajstić information content (AvgIpc) is 3.22. The average molecular weight is 380 g/mol. The number of hydrogen-bond acceptors (Lipinski definition) is 6. The molecule has 2 heterocycles. The Morgan fingerprint density at radius 1 is 1.04 bits per heavy atom. The van der Waals surface area contributed by atoms with Crippen LogP contribution in [-0.2, 0) is 0 Å². The Kier molecular flexibility index (Phi) is 5.71. The summed E-state index contributed by atoms with van der Waals surface area (Å²) < 4.78 is 0. The maximum atomic E-state index is 12.6. The van der Waals surface area contributed by atoms with Gasteiger partial charge in [0.15, 0.2) is 0 Å². The molecule has 0 atom stereocenters. The van der Waals surface area contributed by atoms with Crippen molar-refractivity contribution in [2.75, 3.05) is 48.8 Å². The highest BCUT2D eigenvalue weighted by atomic mass is 16.1. The van der Waals surface area contributed by atoms with Crippen LogP contribution >= 0.6 is 0 Å². The highest BCUT2D eigenvalue weighted by molar-refractivity contribution is 6.03. The van der Waals surface area contributed by atoms with Gasteiger partial charge in [0.25, 0.3) is 5.91 Å². The lowest BCUT2D eigenvalue weighted by Crippen LogP contribution is -2.44. The first-order valence-electron chi connectivity index (χ1n) is 10.1. The standard InChI is InChI=1S/C21H28N6O/c1-26-12-14-27(15-13-26)18-8-6-17(7-9-18)23-20(28)19-10-11-22-21(25-19)24-16-4-2-3-5-16/h6-11,16H,2-5,12-15H2,1H3,(H,23,28)(H,22,24,25). The van der Waals surface area contributed by atoms with E-state index in [9.17, 15) is 4.79 Å². The fraction of sp³-hybridized carbons (Fsp3) is 0.476. The molecule has 1 saturated carbocycles. The quantitative estimate of drug-likeness (QED) is 0.831. The third-order valence-corrected chi connectivity index (χ3v) is 5.57. The lowest BCUT2D eigenvalue weighted by atomic mass is 10.2. The van der Waals surface area contributed by atoms with E-state index in [-0.39, 0.29) is 5.91 Å². The van der Waals surface area contributed by atoms with Gasteiger partial charge in [-0.3, -0.25) is 4.79 Å². The first-order valence-corrected chi connectivity index (χ1v) is 10.1. The maximum Gasteiger partial charge on any atom is 0.274 e. The predicted octanol–water partition coefficient (Wildman–Crippen LogP) is 2.84. The Morgan fingerprint density at radius 3 is 2.46 bits per heavy atom. The lowest BCUT2D eigenvalue weighted by molar-refractivity contribution is 0.102. The number of aromatic nitrogens is 2. The van der Waals surface area contributed by atoms with Crippen molar-refractivity contribution in [1.29, 1.82) is 0 Å². The molecule has 28 heavy (non-hydrogen) atoms. The van der Waals surface area contributed by atoms with Crippen LogP contribution in [0.5, 0.6) is 0 Å². The number of rotatable bonds is 5. The molecule has 0 unspecified atom stereocenters. The van der Waals surface area contributed by atoms with Crippen molar-refractivity contribution in [2.45, 2.75) is 31.7 Å². The second-order valence-electron chi connectivity index (χ2n) is 7.68. The van der Waals surface area contributed by atoms with E-state index in [1.165, 1.54) is 18.5 Å². The molecule has 0 radical (unpaired) electrons. The third kappa shape index (κ3) is 4.59. The number of nitrogens with one attached hydrogen (secondary N) is 2. The van der Waals surface area contributed by atoms with E-state index in [0.717, 1.165) is 44.7 Å². The summed E-state index contributed by atoms with van der Waals surface area (Å²) >= 11 is 0. The maximum absolute atomic E-state index is 12.6. The van der Waals surface area contributed by atoms with Crippen LogP contribution in [0.15, 0.2) is 36.5 Å². The highest BCUT2D eigenvalue weighted by Gasteiger charge is 2.17. The Morgan fingerprint density at radius 2 is 1.75 bits per heavy atom. The zero-order valence-corrected chi connectivity index (χ0v) is 16.4. The van der Waals surface area contributed by atoms with E-state index in [1.54, 1.807) is 12.3 Å². The first-order chi connectivity index (χ1) is 13.7. The lowest BCUT2D eigenvalue weighted by Gasteiger charge is -2.34. The van der Waals surface area contributed by atoms with Crippen molar-refractivity contribution < 1.29 is 4.79 Å². The highest BCUT2D eigenvalue weighted by Crippen LogP contribution is 2.21. The van der Waals surface area contributed by atoms with E-state index in [1.807, 2.05) is 12.1 Å². The summed E-state index contributed by atoms with van der Waals surface area (Å²) in [6.45, 7) is 4.20. The summed E-state index contributed by atoms with van der Waals surface area (Å²) in [6.07, 6.45) is 6.39. The number of anilines is 3. The van der Waals surface area contributed by atoms with Crippen molar-refractivity contribution in [1.82, 2.24) is 14.9 Å². The molecular formula is C21H28N6O. The van der Waals surface area contributed by atoms with Crippen LogP contribution in [0.25, 0.3) is 0 Å². The van der Waals surface area contributed by atoms with E-state index >= 15 is 0 Å². The smallest absolute Gasteiger partial charge is 0.274 e. The summed E-state index contributed by atoms with van der Waals surface area (Å²) in [5.41, 5.74) is 2.33. The van der Waals surface area contributed by atoms with E-state index in [2.05, 4.69) is 49.6 Å². The Labute approximate surface area is 166 Å². The molecule has 1 saturated heterocycles. The number of carbonyl (C=O) groups is 1. The van der Waals surface area contributed by atoms with Crippen LogP contribution in [0.4, 0.5) is 17.3 Å². The summed E-state index contributed by atoms with van der Waals surface area (Å²) in [4.78, 5) is 25.9. The number of piperazine rings is 1. The van der Waals surface area contributed by atoms with Gasteiger partial charge in [-0.2, -0.15) is 0 Å². The molecular weight excluding hydrogens is 352 g/mol. The zero-order valence-electron chi connectivity index (χ0n) is 16.4. The van der Waals surface area contributed by atoms with Gasteiger partial charge in [0.2, 0.25) is 5.95 Å². The van der Waals surface area contributed by atoms with Crippen LogP contribution < -0.4 is 15.5 Å². The van der Waals surface area contributed by atoms with E-state index in [0.29, 0.717) is 17.7 Å². The number of nitrogens with zero attached hydrogens (tertiary/aromatic N) is 4. The Balaban J connectivity index is 1.36. The largest absolute Gasteiger partial charge is 0.369 e. The van der Waals surface area contributed by atoms with Crippen LogP contribution in [-0.4, -0.2) is 60.0 Å². The second kappa shape index (κ2) is 8.56. The van der Waals surface area contributed by atoms with Crippen LogP contribution in [0, 0.1) is 0 Å². The molecule has 1 aromatic heterocycles. The molecule has 4 rings (SSSR count). The van der Waals surface area contributed by atoms with Gasteiger partial charge in [0, 0.05) is 49.8 Å². The molecule has 0 spiro atoms. The van der Waals surface area contributed by atoms with Gasteiger partial charge in [-0.05, 0) is 50.2 Å². The molecule has 7 nitrogen and oxygen atoms in total. The van der Waals surface area contributed by atoms with E-state index < -0.39 is 0 Å². The Hall–Kier alpha value is -2.67. The zero-order chi connectivity index (χ0) is 19.3. The van der Waals surface area contributed by atoms with Gasteiger partial charge < -0.3 is 20.4 Å². The summed E-state index contributed by atoms with van der Waals surface area (Å²) in [7, 11) is 2.15. The van der Waals surface area contributed by atoms with Crippen LogP contribution in [0.2, 0.25) is 0 Å². The summed E-state index contributed by atoms with van der Waals surface area (Å²) in [6, 6.07) is 10.1. The normalized spacial score (nSPS) is 18.2. The molecule has 1 amide bonds. The minimum atomic E-state index is -0.218. The number of amides is 1. The monoisotopic (exact) mass is 380 g/mol. The number of likely N-dealkylation sites (N-methyl/N-ethyl adjacent to an activating group) is 1. The second-order valence-corrected chi connectivity index (χ2v) is 7.68. The molecule has 2 N–H and O–H groups in total. The van der Waals surface area contributed by atoms with Crippen molar-refractivity contribution in [3.63, 3.8) is 0 Å². The van der Waals surface area contributed by atoms with Crippen LogP contribution in [0.3, 0.4) is 0 Å². The van der Waals surface area contributed by atoms with E-state index in [4.69, 9.17) is 0 Å². The number of hydrogen-bond donors (Lipinski definition) is 2. The summed E-state index contributed by atoms with van der Waals surface area (Å²) in [5, 5.41) is 6.27. The summed E-state index contributed by atoms with van der Waals surface area (Å²) in [5.74, 6) is 0.314. The molecule has 1 aliphatic carbocycles. The minimum absolute atomic E-state index is 0.218. The molecule has 1 aromatic carbocycles. The minimum Gasteiger partial charge on any atom is -0.369 e. The third-order valence-electron chi connectivity index (χ3n) is 5.57. The number of carbonyl (C=O) groups excluding carboxylic acids is 1.